The Morgan fingerprint density at radius 2 is 2.00 bits per heavy atom. The van der Waals surface area contributed by atoms with Crippen LogP contribution in [0.2, 0.25) is 0 Å². The van der Waals surface area contributed by atoms with Crippen molar-refractivity contribution in [3.8, 4) is 11.6 Å². The van der Waals surface area contributed by atoms with E-state index in [1.165, 1.54) is 16.6 Å². The van der Waals surface area contributed by atoms with Gasteiger partial charge >= 0.3 is 0 Å². The van der Waals surface area contributed by atoms with Crippen molar-refractivity contribution < 1.29 is 9.21 Å². The first-order valence-corrected chi connectivity index (χ1v) is 10.8. The normalized spacial score (nSPS) is 16.7. The van der Waals surface area contributed by atoms with Crippen LogP contribution in [0.25, 0.3) is 22.5 Å². The number of pyridine rings is 1. The second-order valence-corrected chi connectivity index (χ2v) is 8.01. The number of rotatable bonds is 5. The van der Waals surface area contributed by atoms with E-state index in [1.807, 2.05) is 35.2 Å². The Kier molecular flexibility index (Phi) is 5.24. The maximum absolute atomic E-state index is 13.2. The average molecular weight is 415 g/mol. The standard InChI is InChI=1S/C24H25N5O2/c1-17-16-18-8-2-3-10-20(18)28(17)15-12-22(30)29-14-7-5-11-21(29)24-27-26-23(31-24)19-9-4-6-13-25-19/h2-4,6,8-10,13,16,21H,5,7,11-12,14-15H2,1H3/t21-/m1/s1. The Hall–Kier alpha value is -3.48. The Morgan fingerprint density at radius 3 is 2.87 bits per heavy atom. The molecule has 4 heterocycles. The van der Waals surface area contributed by atoms with E-state index in [4.69, 9.17) is 4.42 Å². The van der Waals surface area contributed by atoms with Crippen molar-refractivity contribution in [1.29, 1.82) is 0 Å². The fourth-order valence-corrected chi connectivity index (χ4v) is 4.45. The molecule has 158 valence electrons. The lowest BCUT2D eigenvalue weighted by molar-refractivity contribution is -0.135. The highest BCUT2D eigenvalue weighted by molar-refractivity contribution is 5.82. The van der Waals surface area contributed by atoms with Gasteiger partial charge in [-0.1, -0.05) is 24.3 Å². The van der Waals surface area contributed by atoms with E-state index in [-0.39, 0.29) is 11.9 Å². The second-order valence-electron chi connectivity index (χ2n) is 8.01. The summed E-state index contributed by atoms with van der Waals surface area (Å²) in [5.41, 5.74) is 2.98. The predicted molar refractivity (Wildman–Crippen MR) is 117 cm³/mol. The third-order valence-electron chi connectivity index (χ3n) is 6.00. The summed E-state index contributed by atoms with van der Waals surface area (Å²) < 4.78 is 8.15. The number of para-hydroxylation sites is 1. The molecule has 1 amide bonds. The number of carbonyl (C=O) groups is 1. The van der Waals surface area contributed by atoms with Gasteiger partial charge in [-0.15, -0.1) is 10.2 Å². The van der Waals surface area contributed by atoms with Crippen LogP contribution in [-0.2, 0) is 11.3 Å². The van der Waals surface area contributed by atoms with E-state index < -0.39 is 0 Å². The minimum absolute atomic E-state index is 0.125. The molecule has 1 aliphatic rings. The quantitative estimate of drug-likeness (QED) is 0.478. The van der Waals surface area contributed by atoms with Gasteiger partial charge in [0.1, 0.15) is 11.7 Å². The van der Waals surface area contributed by atoms with Crippen molar-refractivity contribution in [2.24, 2.45) is 0 Å². The van der Waals surface area contributed by atoms with Crippen molar-refractivity contribution in [2.45, 2.75) is 45.2 Å². The largest absolute Gasteiger partial charge is 0.417 e. The number of aryl methyl sites for hydroxylation is 2. The molecular weight excluding hydrogens is 390 g/mol. The van der Waals surface area contributed by atoms with Crippen molar-refractivity contribution >= 4 is 16.8 Å². The molecule has 5 rings (SSSR count). The van der Waals surface area contributed by atoms with Gasteiger partial charge in [0, 0.05) is 36.9 Å². The molecule has 4 aromatic rings. The zero-order valence-corrected chi connectivity index (χ0v) is 17.6. The number of fused-ring (bicyclic) bond motifs is 1. The van der Waals surface area contributed by atoms with E-state index in [0.717, 1.165) is 25.8 Å². The van der Waals surface area contributed by atoms with Crippen LogP contribution in [-0.4, -0.2) is 37.1 Å². The number of benzene rings is 1. The molecule has 7 heteroatoms. The molecule has 1 atom stereocenters. The minimum atomic E-state index is -0.172. The Bertz CT molecular complexity index is 1200. The molecule has 0 N–H and O–H groups in total. The van der Waals surface area contributed by atoms with Gasteiger partial charge in [0.15, 0.2) is 0 Å². The van der Waals surface area contributed by atoms with E-state index >= 15 is 0 Å². The van der Waals surface area contributed by atoms with Gasteiger partial charge in [-0.05, 0) is 55.8 Å². The first-order valence-electron chi connectivity index (χ1n) is 10.8. The van der Waals surface area contributed by atoms with E-state index in [0.29, 0.717) is 30.4 Å². The van der Waals surface area contributed by atoms with Crippen LogP contribution in [0.3, 0.4) is 0 Å². The molecule has 7 nitrogen and oxygen atoms in total. The topological polar surface area (TPSA) is 77.1 Å². The summed E-state index contributed by atoms with van der Waals surface area (Å²) in [7, 11) is 0. The molecule has 1 aliphatic heterocycles. The lowest BCUT2D eigenvalue weighted by Gasteiger charge is -2.33. The zero-order valence-electron chi connectivity index (χ0n) is 17.6. The van der Waals surface area contributed by atoms with Crippen molar-refractivity contribution in [3.63, 3.8) is 0 Å². The molecule has 1 aromatic carbocycles. The Balaban J connectivity index is 1.33. The van der Waals surface area contributed by atoms with Crippen LogP contribution in [0.5, 0.6) is 0 Å². The fraction of sp³-hybridized carbons (Fsp3) is 0.333. The monoisotopic (exact) mass is 415 g/mol. The number of likely N-dealkylation sites (tertiary alicyclic amines) is 1. The van der Waals surface area contributed by atoms with Crippen LogP contribution < -0.4 is 0 Å². The lowest BCUT2D eigenvalue weighted by atomic mass is 10.0. The van der Waals surface area contributed by atoms with Crippen molar-refractivity contribution in [2.75, 3.05) is 6.54 Å². The summed E-state index contributed by atoms with van der Waals surface area (Å²) >= 11 is 0. The van der Waals surface area contributed by atoms with Crippen molar-refractivity contribution in [1.82, 2.24) is 24.6 Å². The van der Waals surface area contributed by atoms with Crippen molar-refractivity contribution in [3.05, 3.63) is 66.3 Å². The number of amides is 1. The number of aromatic nitrogens is 4. The van der Waals surface area contributed by atoms with Gasteiger partial charge in [-0.25, -0.2) is 0 Å². The number of hydrogen-bond acceptors (Lipinski definition) is 5. The molecule has 0 spiro atoms. The van der Waals surface area contributed by atoms with Crippen LogP contribution >= 0.6 is 0 Å². The molecule has 0 radical (unpaired) electrons. The van der Waals surface area contributed by atoms with Crippen LogP contribution in [0, 0.1) is 6.92 Å². The van der Waals surface area contributed by atoms with Gasteiger partial charge in [0.2, 0.25) is 11.8 Å². The van der Waals surface area contributed by atoms with E-state index in [9.17, 15) is 4.79 Å². The van der Waals surface area contributed by atoms with Gasteiger partial charge in [-0.3, -0.25) is 9.78 Å². The van der Waals surface area contributed by atoms with Gasteiger partial charge < -0.3 is 13.9 Å². The molecule has 0 unspecified atom stereocenters. The molecule has 3 aromatic heterocycles. The molecule has 0 bridgehead atoms. The molecule has 1 fully saturated rings. The maximum Gasteiger partial charge on any atom is 0.266 e. The van der Waals surface area contributed by atoms with E-state index in [1.54, 1.807) is 6.20 Å². The van der Waals surface area contributed by atoms with Gasteiger partial charge in [-0.2, -0.15) is 0 Å². The summed E-state index contributed by atoms with van der Waals surface area (Å²) in [5, 5.41) is 9.63. The SMILES string of the molecule is Cc1cc2ccccc2n1CCC(=O)N1CCCC[C@@H]1c1nnc(-c2ccccn2)o1. The summed E-state index contributed by atoms with van der Waals surface area (Å²) in [6.45, 7) is 3.46. The first-order chi connectivity index (χ1) is 15.2. The summed E-state index contributed by atoms with van der Waals surface area (Å²) in [5.74, 6) is 1.01. The minimum Gasteiger partial charge on any atom is -0.417 e. The third kappa shape index (κ3) is 3.83. The predicted octanol–water partition coefficient (Wildman–Crippen LogP) is 4.54. The Labute approximate surface area is 180 Å². The van der Waals surface area contributed by atoms with E-state index in [2.05, 4.69) is 44.9 Å². The van der Waals surface area contributed by atoms with Crippen LogP contribution in [0.1, 0.15) is 43.3 Å². The Morgan fingerprint density at radius 1 is 1.13 bits per heavy atom. The number of hydrogen-bond donors (Lipinski definition) is 0. The average Bonchev–Trinajstić information content (AvgIpc) is 3.42. The van der Waals surface area contributed by atoms with Gasteiger partial charge in [0.25, 0.3) is 5.89 Å². The number of carbonyl (C=O) groups excluding carboxylic acids is 1. The summed E-state index contributed by atoms with van der Waals surface area (Å²) in [4.78, 5) is 19.4. The van der Waals surface area contributed by atoms with Crippen LogP contribution in [0.15, 0.2) is 59.1 Å². The molecule has 31 heavy (non-hydrogen) atoms. The molecular formula is C24H25N5O2. The summed E-state index contributed by atoms with van der Waals surface area (Å²) in [6.07, 6.45) is 5.01. The third-order valence-corrected chi connectivity index (χ3v) is 6.00. The lowest BCUT2D eigenvalue weighted by Crippen LogP contribution is -2.39. The second kappa shape index (κ2) is 8.34. The first kappa shape index (κ1) is 19.5. The van der Waals surface area contributed by atoms with Gasteiger partial charge in [0.05, 0.1) is 0 Å². The fourth-order valence-electron chi connectivity index (χ4n) is 4.45. The highest BCUT2D eigenvalue weighted by Gasteiger charge is 2.32. The number of piperidine rings is 1. The molecule has 0 saturated carbocycles. The molecule has 0 aliphatic carbocycles. The number of nitrogens with zero attached hydrogens (tertiary/aromatic N) is 5. The van der Waals surface area contributed by atoms with Crippen LogP contribution in [0.4, 0.5) is 0 Å². The smallest absolute Gasteiger partial charge is 0.266 e. The summed E-state index contributed by atoms with van der Waals surface area (Å²) in [6, 6.07) is 15.9. The maximum atomic E-state index is 13.2. The highest BCUT2D eigenvalue weighted by atomic mass is 16.4. The highest BCUT2D eigenvalue weighted by Crippen LogP contribution is 2.32. The zero-order chi connectivity index (χ0) is 21.2. The molecule has 1 saturated heterocycles.